The maximum atomic E-state index is 12.7. The van der Waals surface area contributed by atoms with Gasteiger partial charge in [-0.3, -0.25) is 4.79 Å². The lowest BCUT2D eigenvalue weighted by Crippen LogP contribution is -2.12. The monoisotopic (exact) mass is 388 g/mol. The number of benzene rings is 1. The number of hydrogen-bond acceptors (Lipinski definition) is 4. The number of aromatic amines is 1. The summed E-state index contributed by atoms with van der Waals surface area (Å²) in [5.41, 5.74) is 1.76. The van der Waals surface area contributed by atoms with Gasteiger partial charge in [0.2, 0.25) is 0 Å². The van der Waals surface area contributed by atoms with Crippen LogP contribution in [-0.4, -0.2) is 15.1 Å². The molecule has 0 aliphatic heterocycles. The Kier molecular flexibility index (Phi) is 5.49. The topological polar surface area (TPSA) is 66.0 Å². The molecule has 0 saturated carbocycles. The van der Waals surface area contributed by atoms with Crippen LogP contribution in [0.5, 0.6) is 5.75 Å². The molecule has 2 N–H and O–H groups in total. The fourth-order valence-corrected chi connectivity index (χ4v) is 4.08. The van der Waals surface area contributed by atoms with Crippen molar-refractivity contribution in [3.8, 4) is 5.75 Å². The molecule has 0 aliphatic carbocycles. The van der Waals surface area contributed by atoms with Crippen LogP contribution in [0.1, 0.15) is 42.1 Å². The minimum absolute atomic E-state index is 0.148. The molecule has 0 aliphatic rings. The van der Waals surface area contributed by atoms with Gasteiger partial charge in [0.1, 0.15) is 10.6 Å². The van der Waals surface area contributed by atoms with E-state index in [1.807, 2.05) is 6.92 Å². The summed E-state index contributed by atoms with van der Waals surface area (Å²) >= 11 is 7.91. The van der Waals surface area contributed by atoms with Gasteiger partial charge in [0.15, 0.2) is 5.82 Å². The molecular formula is C20H21ClN2O2S. The van der Waals surface area contributed by atoms with Crippen LogP contribution in [-0.2, 0) is 6.42 Å². The number of aromatic nitrogens is 2. The zero-order chi connectivity index (χ0) is 18.8. The van der Waals surface area contributed by atoms with Crippen molar-refractivity contribution in [2.24, 2.45) is 5.92 Å². The summed E-state index contributed by atoms with van der Waals surface area (Å²) in [7, 11) is 0. The van der Waals surface area contributed by atoms with Gasteiger partial charge in [-0.25, -0.2) is 4.98 Å². The first kappa shape index (κ1) is 18.7. The molecule has 3 rings (SSSR count). The Hall–Kier alpha value is -2.11. The fraction of sp³-hybridized carbons (Fsp3) is 0.300. The number of fused-ring (bicyclic) bond motifs is 1. The van der Waals surface area contributed by atoms with E-state index in [0.29, 0.717) is 22.2 Å². The average molecular weight is 389 g/mol. The van der Waals surface area contributed by atoms with E-state index in [1.165, 1.54) is 11.3 Å². The number of phenols is 1. The number of aromatic hydroxyl groups is 1. The van der Waals surface area contributed by atoms with Crippen LogP contribution in [0.15, 0.2) is 29.1 Å². The molecule has 2 aromatic heterocycles. The van der Waals surface area contributed by atoms with Crippen LogP contribution in [0.25, 0.3) is 21.3 Å². The molecule has 1 aromatic carbocycles. The van der Waals surface area contributed by atoms with Crippen LogP contribution in [0.2, 0.25) is 0 Å². The van der Waals surface area contributed by atoms with Gasteiger partial charge in [-0.2, -0.15) is 0 Å². The number of thiophene rings is 1. The molecule has 0 unspecified atom stereocenters. The van der Waals surface area contributed by atoms with Crippen LogP contribution in [0.4, 0.5) is 0 Å². The maximum Gasteiger partial charge on any atom is 0.260 e. The highest BCUT2D eigenvalue weighted by molar-refractivity contribution is 7.18. The van der Waals surface area contributed by atoms with Gasteiger partial charge >= 0.3 is 0 Å². The average Bonchev–Trinajstić information content (AvgIpc) is 2.92. The molecule has 0 saturated heterocycles. The number of hydrogen-bond donors (Lipinski definition) is 2. The quantitative estimate of drug-likeness (QED) is 0.621. The third kappa shape index (κ3) is 3.84. The van der Waals surface area contributed by atoms with Crippen molar-refractivity contribution in [2.75, 3.05) is 0 Å². The predicted molar refractivity (Wildman–Crippen MR) is 110 cm³/mol. The molecular weight excluding hydrogens is 368 g/mol. The number of H-pyrrole nitrogens is 1. The SMILES string of the molecule is CC[C@@H](C)Cc1c(C)sc2nc(/C(Cl)=C/c3ccc(O)cc3)[nH]c(=O)c12. The lowest BCUT2D eigenvalue weighted by molar-refractivity contribution is 0.475. The minimum Gasteiger partial charge on any atom is -0.508 e. The van der Waals surface area contributed by atoms with Gasteiger partial charge in [-0.05, 0) is 48.6 Å². The first-order valence-electron chi connectivity index (χ1n) is 8.58. The van der Waals surface area contributed by atoms with Crippen molar-refractivity contribution in [1.82, 2.24) is 9.97 Å². The van der Waals surface area contributed by atoms with E-state index >= 15 is 0 Å². The number of halogens is 1. The third-order valence-corrected chi connectivity index (χ3v) is 5.85. The number of nitrogens with zero attached hydrogens (tertiary/aromatic N) is 1. The van der Waals surface area contributed by atoms with Crippen LogP contribution < -0.4 is 5.56 Å². The summed E-state index contributed by atoms with van der Waals surface area (Å²) in [6.07, 6.45) is 3.66. The summed E-state index contributed by atoms with van der Waals surface area (Å²) in [6, 6.07) is 6.65. The second-order valence-corrected chi connectivity index (χ2v) is 8.14. The molecule has 1 atom stereocenters. The van der Waals surface area contributed by atoms with Crippen molar-refractivity contribution >= 4 is 44.3 Å². The first-order chi connectivity index (χ1) is 12.4. The molecule has 0 radical (unpaired) electrons. The smallest absolute Gasteiger partial charge is 0.260 e. The minimum atomic E-state index is -0.148. The van der Waals surface area contributed by atoms with E-state index in [2.05, 4.69) is 23.8 Å². The highest BCUT2D eigenvalue weighted by atomic mass is 35.5. The van der Waals surface area contributed by atoms with E-state index in [-0.39, 0.29) is 11.3 Å². The first-order valence-corrected chi connectivity index (χ1v) is 9.77. The zero-order valence-electron chi connectivity index (χ0n) is 15.0. The molecule has 136 valence electrons. The van der Waals surface area contributed by atoms with Crippen molar-refractivity contribution in [3.05, 3.63) is 56.4 Å². The normalized spacial score (nSPS) is 13.3. The lowest BCUT2D eigenvalue weighted by Gasteiger charge is -2.08. The van der Waals surface area contributed by atoms with Crippen molar-refractivity contribution in [1.29, 1.82) is 0 Å². The van der Waals surface area contributed by atoms with Gasteiger partial charge < -0.3 is 10.1 Å². The molecule has 2 heterocycles. The molecule has 3 aromatic rings. The summed E-state index contributed by atoms with van der Waals surface area (Å²) in [6.45, 7) is 6.39. The summed E-state index contributed by atoms with van der Waals surface area (Å²) in [5, 5.41) is 10.4. The Morgan fingerprint density at radius 1 is 1.38 bits per heavy atom. The molecule has 0 fully saturated rings. The predicted octanol–water partition coefficient (Wildman–Crippen LogP) is 5.32. The number of phenolic OH excluding ortho intramolecular Hbond substituents is 1. The van der Waals surface area contributed by atoms with Gasteiger partial charge in [-0.1, -0.05) is 44.0 Å². The van der Waals surface area contributed by atoms with Gasteiger partial charge in [0.05, 0.1) is 10.4 Å². The van der Waals surface area contributed by atoms with E-state index in [4.69, 9.17) is 11.6 Å². The van der Waals surface area contributed by atoms with Crippen LogP contribution >= 0.6 is 22.9 Å². The Bertz CT molecular complexity index is 1020. The Morgan fingerprint density at radius 3 is 2.73 bits per heavy atom. The second-order valence-electron chi connectivity index (χ2n) is 6.53. The molecule has 0 amide bonds. The van der Waals surface area contributed by atoms with E-state index in [0.717, 1.165) is 33.7 Å². The second kappa shape index (κ2) is 7.64. The van der Waals surface area contributed by atoms with Crippen molar-refractivity contribution in [3.63, 3.8) is 0 Å². The van der Waals surface area contributed by atoms with Gasteiger partial charge in [0.25, 0.3) is 5.56 Å². The van der Waals surface area contributed by atoms with E-state index in [1.54, 1.807) is 30.3 Å². The molecule has 4 nitrogen and oxygen atoms in total. The number of rotatable bonds is 5. The van der Waals surface area contributed by atoms with Crippen molar-refractivity contribution in [2.45, 2.75) is 33.6 Å². The number of aryl methyl sites for hydroxylation is 1. The Balaban J connectivity index is 2.04. The Labute approximate surface area is 161 Å². The molecule has 0 spiro atoms. The van der Waals surface area contributed by atoms with Crippen LogP contribution in [0.3, 0.4) is 0 Å². The largest absolute Gasteiger partial charge is 0.508 e. The standard InChI is InChI=1S/C20H21ClN2O2S/c1-4-11(2)9-15-12(3)26-20-17(15)19(25)22-18(23-20)16(21)10-13-5-7-14(24)8-6-13/h5-8,10-11,24H,4,9H2,1-3H3,(H,22,23,25)/b16-10-/t11-/m1/s1. The summed E-state index contributed by atoms with van der Waals surface area (Å²) in [4.78, 5) is 21.9. The fourth-order valence-electron chi connectivity index (χ4n) is 2.81. The summed E-state index contributed by atoms with van der Waals surface area (Å²) in [5.74, 6) is 1.06. The zero-order valence-corrected chi connectivity index (χ0v) is 16.5. The summed E-state index contributed by atoms with van der Waals surface area (Å²) < 4.78 is 0. The Morgan fingerprint density at radius 2 is 2.08 bits per heavy atom. The molecule has 26 heavy (non-hydrogen) atoms. The highest BCUT2D eigenvalue weighted by Gasteiger charge is 2.17. The van der Waals surface area contributed by atoms with E-state index in [9.17, 15) is 9.90 Å². The van der Waals surface area contributed by atoms with Crippen LogP contribution in [0, 0.1) is 12.8 Å². The van der Waals surface area contributed by atoms with Gasteiger partial charge in [0, 0.05) is 4.88 Å². The molecule has 6 heteroatoms. The lowest BCUT2D eigenvalue weighted by atomic mass is 9.98. The number of nitrogens with one attached hydrogen (secondary N) is 1. The van der Waals surface area contributed by atoms with Gasteiger partial charge in [-0.15, -0.1) is 11.3 Å². The van der Waals surface area contributed by atoms with E-state index < -0.39 is 0 Å². The highest BCUT2D eigenvalue weighted by Crippen LogP contribution is 2.31. The third-order valence-electron chi connectivity index (χ3n) is 4.52. The maximum absolute atomic E-state index is 12.7. The van der Waals surface area contributed by atoms with Crippen molar-refractivity contribution < 1.29 is 5.11 Å². The molecule has 0 bridgehead atoms.